The molecule has 2 aromatic rings. The van der Waals surface area contributed by atoms with Crippen LogP contribution in [0.4, 0.5) is 5.69 Å². The molecule has 0 amide bonds. The minimum Gasteiger partial charge on any atom is -0.487 e. The number of ether oxygens (including phenoxy) is 1. The lowest BCUT2D eigenvalue weighted by Crippen LogP contribution is -2.00. The predicted molar refractivity (Wildman–Crippen MR) is 63.1 cm³/mol. The summed E-state index contributed by atoms with van der Waals surface area (Å²) >= 11 is 0. The third-order valence-corrected chi connectivity index (χ3v) is 2.58. The van der Waals surface area contributed by atoms with E-state index in [1.54, 1.807) is 4.68 Å². The standard InChI is InChI=1S/C12H15N3O/c1-9-12(13)11(14-15(9)2)8-16-10-6-4-3-5-7-10/h3-7H,8,13H2,1-2H3. The number of benzene rings is 1. The van der Waals surface area contributed by atoms with Gasteiger partial charge in [-0.1, -0.05) is 18.2 Å². The zero-order valence-corrected chi connectivity index (χ0v) is 9.47. The second-order valence-corrected chi connectivity index (χ2v) is 3.67. The van der Waals surface area contributed by atoms with Crippen molar-refractivity contribution in [1.82, 2.24) is 9.78 Å². The highest BCUT2D eigenvalue weighted by Gasteiger charge is 2.09. The molecule has 0 spiro atoms. The van der Waals surface area contributed by atoms with E-state index in [1.165, 1.54) is 0 Å². The molecule has 4 heteroatoms. The maximum absolute atomic E-state index is 5.90. The highest BCUT2D eigenvalue weighted by Crippen LogP contribution is 2.17. The van der Waals surface area contributed by atoms with E-state index in [2.05, 4.69) is 5.10 Å². The fourth-order valence-electron chi connectivity index (χ4n) is 1.47. The summed E-state index contributed by atoms with van der Waals surface area (Å²) in [5.74, 6) is 0.824. The van der Waals surface area contributed by atoms with Crippen molar-refractivity contribution in [2.75, 3.05) is 5.73 Å². The van der Waals surface area contributed by atoms with Crippen molar-refractivity contribution >= 4 is 5.69 Å². The Morgan fingerprint density at radius 1 is 1.31 bits per heavy atom. The maximum Gasteiger partial charge on any atom is 0.134 e. The Kier molecular flexibility index (Phi) is 2.81. The molecule has 0 unspecified atom stereocenters. The molecule has 0 aliphatic rings. The summed E-state index contributed by atoms with van der Waals surface area (Å²) in [7, 11) is 1.87. The number of aromatic nitrogens is 2. The summed E-state index contributed by atoms with van der Waals surface area (Å²) in [5.41, 5.74) is 8.36. The van der Waals surface area contributed by atoms with Crippen molar-refractivity contribution in [2.45, 2.75) is 13.5 Å². The van der Waals surface area contributed by atoms with Gasteiger partial charge in [-0.15, -0.1) is 0 Å². The quantitative estimate of drug-likeness (QED) is 0.854. The third-order valence-electron chi connectivity index (χ3n) is 2.58. The molecule has 4 nitrogen and oxygen atoms in total. The molecule has 0 bridgehead atoms. The Morgan fingerprint density at radius 3 is 2.56 bits per heavy atom. The van der Waals surface area contributed by atoms with Crippen LogP contribution in [0.3, 0.4) is 0 Å². The topological polar surface area (TPSA) is 53.1 Å². The van der Waals surface area contributed by atoms with Crippen LogP contribution in [0.2, 0.25) is 0 Å². The van der Waals surface area contributed by atoms with Gasteiger partial charge in [-0.25, -0.2) is 0 Å². The fourth-order valence-corrected chi connectivity index (χ4v) is 1.47. The molecular formula is C12H15N3O. The minimum absolute atomic E-state index is 0.400. The van der Waals surface area contributed by atoms with E-state index in [0.29, 0.717) is 12.3 Å². The zero-order chi connectivity index (χ0) is 11.5. The van der Waals surface area contributed by atoms with Crippen LogP contribution in [0.25, 0.3) is 0 Å². The first-order valence-electron chi connectivity index (χ1n) is 5.14. The summed E-state index contributed by atoms with van der Waals surface area (Å²) < 4.78 is 7.35. The first-order chi connectivity index (χ1) is 7.68. The van der Waals surface area contributed by atoms with E-state index < -0.39 is 0 Å². The molecule has 1 aromatic carbocycles. The van der Waals surface area contributed by atoms with Gasteiger partial charge in [0.15, 0.2) is 0 Å². The number of nitrogens with two attached hydrogens (primary N) is 1. The lowest BCUT2D eigenvalue weighted by molar-refractivity contribution is 0.300. The smallest absolute Gasteiger partial charge is 0.134 e. The summed E-state index contributed by atoms with van der Waals surface area (Å²) in [6, 6.07) is 9.63. The molecule has 0 saturated carbocycles. The number of aryl methyl sites for hydroxylation is 1. The van der Waals surface area contributed by atoms with Gasteiger partial charge in [0.05, 0.1) is 11.4 Å². The van der Waals surface area contributed by atoms with Gasteiger partial charge in [-0.2, -0.15) is 5.10 Å². The highest BCUT2D eigenvalue weighted by atomic mass is 16.5. The lowest BCUT2D eigenvalue weighted by atomic mass is 10.3. The highest BCUT2D eigenvalue weighted by molar-refractivity contribution is 5.47. The number of anilines is 1. The maximum atomic E-state index is 5.90. The molecule has 0 radical (unpaired) electrons. The van der Waals surface area contributed by atoms with E-state index >= 15 is 0 Å². The van der Waals surface area contributed by atoms with Crippen molar-refractivity contribution in [3.8, 4) is 5.75 Å². The van der Waals surface area contributed by atoms with E-state index in [9.17, 15) is 0 Å². The number of nitrogens with zero attached hydrogens (tertiary/aromatic N) is 2. The minimum atomic E-state index is 0.400. The largest absolute Gasteiger partial charge is 0.487 e. The van der Waals surface area contributed by atoms with Crippen molar-refractivity contribution in [3.63, 3.8) is 0 Å². The van der Waals surface area contributed by atoms with Gasteiger partial charge in [0, 0.05) is 7.05 Å². The summed E-state index contributed by atoms with van der Waals surface area (Å²) in [6.45, 7) is 2.34. The Labute approximate surface area is 94.6 Å². The Hall–Kier alpha value is -1.97. The number of hydrogen-bond donors (Lipinski definition) is 1. The number of para-hydroxylation sites is 1. The first-order valence-corrected chi connectivity index (χ1v) is 5.14. The van der Waals surface area contributed by atoms with Crippen molar-refractivity contribution < 1.29 is 4.74 Å². The Morgan fingerprint density at radius 2 is 2.00 bits per heavy atom. The molecule has 0 aliphatic carbocycles. The van der Waals surface area contributed by atoms with E-state index in [4.69, 9.17) is 10.5 Å². The first kappa shape index (κ1) is 10.5. The van der Waals surface area contributed by atoms with E-state index in [1.807, 2.05) is 44.3 Å². The van der Waals surface area contributed by atoms with Crippen LogP contribution in [-0.2, 0) is 13.7 Å². The average molecular weight is 217 g/mol. The van der Waals surface area contributed by atoms with Crippen molar-refractivity contribution in [2.24, 2.45) is 7.05 Å². The van der Waals surface area contributed by atoms with Gasteiger partial charge in [0.25, 0.3) is 0 Å². The van der Waals surface area contributed by atoms with Crippen LogP contribution in [0.15, 0.2) is 30.3 Å². The molecule has 0 atom stereocenters. The molecule has 1 aromatic heterocycles. The molecule has 0 saturated heterocycles. The van der Waals surface area contributed by atoms with Crippen LogP contribution in [0.5, 0.6) is 5.75 Å². The number of nitrogen functional groups attached to an aromatic ring is 1. The lowest BCUT2D eigenvalue weighted by Gasteiger charge is -2.03. The van der Waals surface area contributed by atoms with E-state index in [0.717, 1.165) is 17.1 Å². The molecule has 2 rings (SSSR count). The summed E-state index contributed by atoms with van der Waals surface area (Å²) in [5, 5.41) is 4.29. The van der Waals surface area contributed by atoms with Gasteiger partial charge < -0.3 is 10.5 Å². The van der Waals surface area contributed by atoms with Crippen LogP contribution in [0.1, 0.15) is 11.4 Å². The molecule has 2 N–H and O–H groups in total. The Bertz CT molecular complexity index is 477. The van der Waals surface area contributed by atoms with Crippen LogP contribution in [0, 0.1) is 6.92 Å². The number of rotatable bonds is 3. The van der Waals surface area contributed by atoms with E-state index in [-0.39, 0.29) is 0 Å². The van der Waals surface area contributed by atoms with Crippen molar-refractivity contribution in [3.05, 3.63) is 41.7 Å². The summed E-state index contributed by atoms with van der Waals surface area (Å²) in [6.07, 6.45) is 0. The van der Waals surface area contributed by atoms with Gasteiger partial charge in [0.1, 0.15) is 18.1 Å². The molecule has 0 fully saturated rings. The van der Waals surface area contributed by atoms with Gasteiger partial charge in [-0.3, -0.25) is 4.68 Å². The van der Waals surface area contributed by atoms with Gasteiger partial charge in [-0.05, 0) is 19.1 Å². The van der Waals surface area contributed by atoms with Crippen LogP contribution >= 0.6 is 0 Å². The SMILES string of the molecule is Cc1c(N)c(COc2ccccc2)nn1C. The van der Waals surface area contributed by atoms with Gasteiger partial charge in [0.2, 0.25) is 0 Å². The van der Waals surface area contributed by atoms with Crippen molar-refractivity contribution in [1.29, 1.82) is 0 Å². The fraction of sp³-hybridized carbons (Fsp3) is 0.250. The summed E-state index contributed by atoms with van der Waals surface area (Å²) in [4.78, 5) is 0. The number of hydrogen-bond acceptors (Lipinski definition) is 3. The molecular weight excluding hydrogens is 202 g/mol. The normalized spacial score (nSPS) is 10.4. The third kappa shape index (κ3) is 2.00. The Balaban J connectivity index is 2.08. The van der Waals surface area contributed by atoms with Crippen LogP contribution < -0.4 is 10.5 Å². The zero-order valence-electron chi connectivity index (χ0n) is 9.47. The van der Waals surface area contributed by atoms with Crippen LogP contribution in [-0.4, -0.2) is 9.78 Å². The molecule has 16 heavy (non-hydrogen) atoms. The predicted octanol–water partition coefficient (Wildman–Crippen LogP) is 1.89. The monoisotopic (exact) mass is 217 g/mol. The van der Waals surface area contributed by atoms with Gasteiger partial charge >= 0.3 is 0 Å². The molecule has 84 valence electrons. The molecule has 1 heterocycles. The second-order valence-electron chi connectivity index (χ2n) is 3.67. The average Bonchev–Trinajstić information content (AvgIpc) is 2.56. The second kappa shape index (κ2) is 4.26. The molecule has 0 aliphatic heterocycles.